The van der Waals surface area contributed by atoms with Gasteiger partial charge in [-0.2, -0.15) is 0 Å². The van der Waals surface area contributed by atoms with Crippen molar-refractivity contribution in [2.24, 2.45) is 0 Å². The fourth-order valence-corrected chi connectivity index (χ4v) is 7.83. The van der Waals surface area contributed by atoms with E-state index < -0.39 is 10.0 Å². The molecular formula is C19H26N4O3S2. The van der Waals surface area contributed by atoms with Crippen molar-refractivity contribution < 1.29 is 13.2 Å². The zero-order valence-electron chi connectivity index (χ0n) is 15.9. The summed E-state index contributed by atoms with van der Waals surface area (Å²) >= 11 is 1.79. The van der Waals surface area contributed by atoms with Crippen molar-refractivity contribution in [3.05, 3.63) is 16.8 Å². The number of nitrogens with zero attached hydrogens (tertiary/aromatic N) is 3. The van der Waals surface area contributed by atoms with E-state index in [0.717, 1.165) is 36.3 Å². The second kappa shape index (κ2) is 7.51. The Bertz CT molecular complexity index is 961. The number of nitrogens with one attached hydrogen (secondary N) is 1. The maximum absolute atomic E-state index is 12.9. The molecule has 7 nitrogen and oxygen atoms in total. The minimum atomic E-state index is -3.21. The second-order valence-electron chi connectivity index (χ2n) is 7.93. The minimum absolute atomic E-state index is 0.246. The van der Waals surface area contributed by atoms with Crippen molar-refractivity contribution in [2.45, 2.75) is 56.2 Å². The van der Waals surface area contributed by atoms with Gasteiger partial charge in [0.1, 0.15) is 17.0 Å². The first-order valence-corrected chi connectivity index (χ1v) is 12.5. The summed E-state index contributed by atoms with van der Waals surface area (Å²) in [4.78, 5) is 11.5. The molecule has 2 aromatic rings. The molecule has 0 unspecified atom stereocenters. The van der Waals surface area contributed by atoms with Crippen molar-refractivity contribution in [3.63, 3.8) is 0 Å². The van der Waals surface area contributed by atoms with Crippen molar-refractivity contribution >= 4 is 37.4 Å². The highest BCUT2D eigenvalue weighted by atomic mass is 32.2. The zero-order chi connectivity index (χ0) is 19.1. The molecule has 5 rings (SSSR count). The smallest absolute Gasteiger partial charge is 0.217 e. The summed E-state index contributed by atoms with van der Waals surface area (Å²) < 4.78 is 32.8. The quantitative estimate of drug-likeness (QED) is 0.815. The SMILES string of the molecule is O=S(=O)(C1CCOCC1)N1CCC(Nc2ncnc3sc4c(c23)CCC4)CC1. The van der Waals surface area contributed by atoms with E-state index in [-0.39, 0.29) is 11.3 Å². The van der Waals surface area contributed by atoms with Gasteiger partial charge in [0.2, 0.25) is 10.0 Å². The van der Waals surface area contributed by atoms with Crippen LogP contribution in [0.1, 0.15) is 42.5 Å². The molecule has 1 aliphatic carbocycles. The fourth-order valence-electron chi connectivity index (χ4n) is 4.67. The molecule has 0 saturated carbocycles. The molecule has 0 amide bonds. The van der Waals surface area contributed by atoms with Crippen LogP contribution in [0.2, 0.25) is 0 Å². The van der Waals surface area contributed by atoms with Gasteiger partial charge in [-0.25, -0.2) is 22.7 Å². The van der Waals surface area contributed by atoms with Crippen LogP contribution in [0, 0.1) is 0 Å². The van der Waals surface area contributed by atoms with Crippen LogP contribution < -0.4 is 5.32 Å². The Morgan fingerprint density at radius 3 is 2.68 bits per heavy atom. The van der Waals surface area contributed by atoms with Crippen molar-refractivity contribution in [3.8, 4) is 0 Å². The molecule has 2 fully saturated rings. The van der Waals surface area contributed by atoms with Crippen LogP contribution in [0.25, 0.3) is 10.2 Å². The van der Waals surface area contributed by atoms with Gasteiger partial charge >= 0.3 is 0 Å². The second-order valence-corrected chi connectivity index (χ2v) is 11.2. The summed E-state index contributed by atoms with van der Waals surface area (Å²) in [6.07, 6.45) is 7.96. The molecule has 0 atom stereocenters. The molecule has 3 aliphatic rings. The molecule has 0 radical (unpaired) electrons. The van der Waals surface area contributed by atoms with E-state index in [1.165, 1.54) is 22.2 Å². The maximum Gasteiger partial charge on any atom is 0.217 e. The monoisotopic (exact) mass is 422 g/mol. The lowest BCUT2D eigenvalue weighted by Crippen LogP contribution is -2.47. The van der Waals surface area contributed by atoms with Crippen LogP contribution >= 0.6 is 11.3 Å². The summed E-state index contributed by atoms with van der Waals surface area (Å²) in [6, 6.07) is 0.246. The lowest BCUT2D eigenvalue weighted by molar-refractivity contribution is 0.0969. The Morgan fingerprint density at radius 1 is 1.11 bits per heavy atom. The Morgan fingerprint density at radius 2 is 1.89 bits per heavy atom. The van der Waals surface area contributed by atoms with Gasteiger partial charge in [0.25, 0.3) is 0 Å². The van der Waals surface area contributed by atoms with Gasteiger partial charge in [0.05, 0.1) is 10.6 Å². The third-order valence-electron chi connectivity index (χ3n) is 6.25. The molecule has 2 aliphatic heterocycles. The summed E-state index contributed by atoms with van der Waals surface area (Å²) in [5, 5.41) is 4.52. The summed E-state index contributed by atoms with van der Waals surface area (Å²) in [6.45, 7) is 2.26. The Balaban J connectivity index is 1.27. The number of aromatic nitrogens is 2. The Kier molecular flexibility index (Phi) is 5.02. The highest BCUT2D eigenvalue weighted by molar-refractivity contribution is 7.89. The van der Waals surface area contributed by atoms with E-state index in [1.54, 1.807) is 22.0 Å². The standard InChI is InChI=1S/C19H26N4O3S2/c24-28(25,14-6-10-26-11-7-14)23-8-4-13(5-9-23)22-18-17-15-2-1-3-16(15)27-19(17)21-12-20-18/h12-14H,1-11H2,(H,20,21,22). The number of aryl methyl sites for hydroxylation is 2. The lowest BCUT2D eigenvalue weighted by atomic mass is 10.1. The first-order valence-electron chi connectivity index (χ1n) is 10.2. The van der Waals surface area contributed by atoms with Gasteiger partial charge < -0.3 is 10.1 Å². The predicted octanol–water partition coefficient (Wildman–Crippen LogP) is 2.57. The van der Waals surface area contributed by atoms with Crippen LogP contribution in [0.3, 0.4) is 0 Å². The lowest BCUT2D eigenvalue weighted by Gasteiger charge is -2.35. The van der Waals surface area contributed by atoms with E-state index >= 15 is 0 Å². The predicted molar refractivity (Wildman–Crippen MR) is 110 cm³/mol. The average Bonchev–Trinajstić information content (AvgIpc) is 3.30. The topological polar surface area (TPSA) is 84.4 Å². The van der Waals surface area contributed by atoms with E-state index in [1.807, 2.05) is 0 Å². The summed E-state index contributed by atoms with van der Waals surface area (Å²) in [5.41, 5.74) is 1.42. The van der Waals surface area contributed by atoms with Gasteiger partial charge in [-0.05, 0) is 50.5 Å². The largest absolute Gasteiger partial charge is 0.381 e. The van der Waals surface area contributed by atoms with Gasteiger partial charge in [-0.3, -0.25) is 0 Å². The maximum atomic E-state index is 12.9. The molecular weight excluding hydrogens is 396 g/mol. The van der Waals surface area contributed by atoms with Gasteiger partial charge in [0.15, 0.2) is 0 Å². The van der Waals surface area contributed by atoms with Gasteiger partial charge in [0, 0.05) is 37.2 Å². The Labute approximate surface area is 169 Å². The van der Waals surface area contributed by atoms with Gasteiger partial charge in [-0.15, -0.1) is 11.3 Å². The normalized spacial score (nSPS) is 22.6. The molecule has 4 heterocycles. The number of fused-ring (bicyclic) bond motifs is 3. The molecule has 1 N–H and O–H groups in total. The number of hydrogen-bond donors (Lipinski definition) is 1. The average molecular weight is 423 g/mol. The fraction of sp³-hybridized carbons (Fsp3) is 0.684. The number of thiophene rings is 1. The first kappa shape index (κ1) is 18.7. The molecule has 0 bridgehead atoms. The summed E-state index contributed by atoms with van der Waals surface area (Å²) in [7, 11) is -3.21. The minimum Gasteiger partial charge on any atom is -0.381 e. The number of ether oxygens (including phenoxy) is 1. The molecule has 2 saturated heterocycles. The number of rotatable bonds is 4. The van der Waals surface area contributed by atoms with Crippen LogP contribution in [0.15, 0.2) is 6.33 Å². The van der Waals surface area contributed by atoms with E-state index in [9.17, 15) is 8.42 Å². The highest BCUT2D eigenvalue weighted by Crippen LogP contribution is 2.39. The van der Waals surface area contributed by atoms with Gasteiger partial charge in [-0.1, -0.05) is 0 Å². The van der Waals surface area contributed by atoms with Crippen LogP contribution in [0.5, 0.6) is 0 Å². The van der Waals surface area contributed by atoms with E-state index in [4.69, 9.17) is 4.74 Å². The van der Waals surface area contributed by atoms with Crippen LogP contribution in [-0.4, -0.2) is 60.3 Å². The molecule has 28 heavy (non-hydrogen) atoms. The van der Waals surface area contributed by atoms with Crippen molar-refractivity contribution in [2.75, 3.05) is 31.6 Å². The highest BCUT2D eigenvalue weighted by Gasteiger charge is 2.35. The zero-order valence-corrected chi connectivity index (χ0v) is 17.5. The number of piperidine rings is 1. The third-order valence-corrected chi connectivity index (χ3v) is 9.84. The molecule has 152 valence electrons. The third kappa shape index (κ3) is 3.32. The Hall–Kier alpha value is -1.29. The van der Waals surface area contributed by atoms with E-state index in [2.05, 4.69) is 15.3 Å². The number of hydrogen-bond acceptors (Lipinski definition) is 7. The van der Waals surface area contributed by atoms with Crippen LogP contribution in [0.4, 0.5) is 5.82 Å². The molecule has 9 heteroatoms. The van der Waals surface area contributed by atoms with Crippen molar-refractivity contribution in [1.29, 1.82) is 0 Å². The van der Waals surface area contributed by atoms with Crippen molar-refractivity contribution in [1.82, 2.24) is 14.3 Å². The molecule has 2 aromatic heterocycles. The van der Waals surface area contributed by atoms with Crippen LogP contribution in [-0.2, 0) is 27.6 Å². The molecule has 0 aromatic carbocycles. The summed E-state index contributed by atoms with van der Waals surface area (Å²) in [5.74, 6) is 0.926. The molecule has 0 spiro atoms. The first-order chi connectivity index (χ1) is 13.6. The van der Waals surface area contributed by atoms with E-state index in [0.29, 0.717) is 39.1 Å². The number of sulfonamides is 1. The number of anilines is 1.